The van der Waals surface area contributed by atoms with Crippen LogP contribution in [0.15, 0.2) is 90.1 Å². The molecule has 0 bridgehead atoms. The van der Waals surface area contributed by atoms with E-state index < -0.39 is 12.1 Å². The van der Waals surface area contributed by atoms with E-state index in [1.165, 1.54) is 17.0 Å². The Bertz CT molecular complexity index is 1430. The fourth-order valence-corrected chi connectivity index (χ4v) is 5.27. The Morgan fingerprint density at radius 2 is 1.77 bits per heavy atom. The fourth-order valence-electron chi connectivity index (χ4n) is 5.14. The standard InChI is InChI=1S/C30H28ClFN4O3/c1-2-35-25-18-36(29(38)26(25)27(34-30(35)39)21-11-13-22(31)14-12-21)24(16-19-7-4-3-5-8-19)28(37)33-17-20-9-6-10-23(32)15-20/h3-15,24,27H,2,16-18H2,1H3,(H,33,37)(H,34,39)/t24-,27-/m0/s1. The minimum absolute atomic E-state index is 0.115. The highest BCUT2D eigenvalue weighted by atomic mass is 35.5. The monoisotopic (exact) mass is 546 g/mol. The summed E-state index contributed by atoms with van der Waals surface area (Å²) in [6.45, 7) is 2.44. The van der Waals surface area contributed by atoms with Crippen LogP contribution in [-0.2, 0) is 22.6 Å². The van der Waals surface area contributed by atoms with E-state index >= 15 is 0 Å². The molecule has 0 spiro atoms. The van der Waals surface area contributed by atoms with Crippen LogP contribution in [-0.4, -0.2) is 46.8 Å². The number of amides is 4. The highest BCUT2D eigenvalue weighted by Crippen LogP contribution is 2.37. The summed E-state index contributed by atoms with van der Waals surface area (Å²) in [6, 6.07) is 20.6. The number of halogens is 2. The first-order valence-corrected chi connectivity index (χ1v) is 13.2. The van der Waals surface area contributed by atoms with Gasteiger partial charge in [-0.15, -0.1) is 0 Å². The van der Waals surface area contributed by atoms with Crippen LogP contribution in [0.4, 0.5) is 9.18 Å². The van der Waals surface area contributed by atoms with Crippen molar-refractivity contribution in [1.29, 1.82) is 0 Å². The van der Waals surface area contributed by atoms with Crippen molar-refractivity contribution in [3.63, 3.8) is 0 Å². The lowest BCUT2D eigenvalue weighted by atomic mass is 9.95. The summed E-state index contributed by atoms with van der Waals surface area (Å²) >= 11 is 6.08. The molecule has 39 heavy (non-hydrogen) atoms. The Kier molecular flexibility index (Phi) is 7.65. The zero-order chi connectivity index (χ0) is 27.5. The third kappa shape index (κ3) is 5.52. The van der Waals surface area contributed by atoms with Gasteiger partial charge >= 0.3 is 6.03 Å². The smallest absolute Gasteiger partial charge is 0.322 e. The molecule has 2 aliphatic rings. The number of hydrogen-bond donors (Lipinski definition) is 2. The topological polar surface area (TPSA) is 81.8 Å². The molecule has 2 aliphatic heterocycles. The first kappa shape index (κ1) is 26.4. The van der Waals surface area contributed by atoms with Crippen molar-refractivity contribution >= 4 is 29.4 Å². The van der Waals surface area contributed by atoms with Crippen molar-refractivity contribution < 1.29 is 18.8 Å². The molecule has 4 amide bonds. The van der Waals surface area contributed by atoms with E-state index in [1.807, 2.05) is 37.3 Å². The summed E-state index contributed by atoms with van der Waals surface area (Å²) < 4.78 is 13.7. The molecule has 3 aromatic carbocycles. The lowest BCUT2D eigenvalue weighted by Gasteiger charge is -2.32. The maximum Gasteiger partial charge on any atom is 0.322 e. The molecule has 0 aliphatic carbocycles. The van der Waals surface area contributed by atoms with E-state index in [4.69, 9.17) is 11.6 Å². The zero-order valence-corrected chi connectivity index (χ0v) is 22.1. The molecule has 0 saturated carbocycles. The first-order chi connectivity index (χ1) is 18.9. The van der Waals surface area contributed by atoms with Gasteiger partial charge in [0.25, 0.3) is 5.91 Å². The van der Waals surface area contributed by atoms with Crippen LogP contribution in [0.2, 0.25) is 5.02 Å². The molecular weight excluding hydrogens is 519 g/mol. The van der Waals surface area contributed by atoms with Crippen molar-refractivity contribution in [3.05, 3.63) is 118 Å². The number of carbonyl (C=O) groups excluding carboxylic acids is 3. The number of carbonyl (C=O) groups is 3. The Morgan fingerprint density at radius 3 is 2.46 bits per heavy atom. The largest absolute Gasteiger partial charge is 0.350 e. The third-order valence-corrected chi connectivity index (χ3v) is 7.33. The summed E-state index contributed by atoms with van der Waals surface area (Å²) in [5, 5.41) is 6.37. The highest BCUT2D eigenvalue weighted by molar-refractivity contribution is 6.30. The quantitative estimate of drug-likeness (QED) is 0.434. The number of benzene rings is 3. The molecule has 3 aromatic rings. The average molecular weight is 547 g/mol. The zero-order valence-electron chi connectivity index (χ0n) is 21.4. The Balaban J connectivity index is 1.46. The summed E-state index contributed by atoms with van der Waals surface area (Å²) in [7, 11) is 0. The van der Waals surface area contributed by atoms with Crippen molar-refractivity contribution in [1.82, 2.24) is 20.4 Å². The predicted octanol–water partition coefficient (Wildman–Crippen LogP) is 4.59. The molecule has 2 atom stereocenters. The minimum atomic E-state index is -0.848. The maximum atomic E-state index is 14.0. The van der Waals surface area contributed by atoms with Gasteiger partial charge in [0.15, 0.2) is 0 Å². The summed E-state index contributed by atoms with van der Waals surface area (Å²) in [4.78, 5) is 43.8. The van der Waals surface area contributed by atoms with Gasteiger partial charge in [-0.05, 0) is 47.9 Å². The van der Waals surface area contributed by atoms with Gasteiger partial charge in [-0.2, -0.15) is 0 Å². The second-order valence-corrected chi connectivity index (χ2v) is 9.96. The number of nitrogens with zero attached hydrogens (tertiary/aromatic N) is 2. The molecule has 0 saturated heterocycles. The number of hydrogen-bond acceptors (Lipinski definition) is 3. The Morgan fingerprint density at radius 1 is 1.05 bits per heavy atom. The molecule has 0 unspecified atom stereocenters. The van der Waals surface area contributed by atoms with Crippen LogP contribution in [0.5, 0.6) is 0 Å². The number of nitrogens with one attached hydrogen (secondary N) is 2. The lowest BCUT2D eigenvalue weighted by molar-refractivity contribution is -0.136. The van der Waals surface area contributed by atoms with Crippen molar-refractivity contribution in [2.75, 3.05) is 13.1 Å². The Labute approximate surface area is 231 Å². The second kappa shape index (κ2) is 11.3. The van der Waals surface area contributed by atoms with Crippen LogP contribution in [0.3, 0.4) is 0 Å². The van der Waals surface area contributed by atoms with Gasteiger partial charge in [0.1, 0.15) is 11.9 Å². The normalized spacial score (nSPS) is 17.7. The first-order valence-electron chi connectivity index (χ1n) is 12.8. The average Bonchev–Trinajstić information content (AvgIpc) is 3.27. The molecule has 0 aromatic heterocycles. The maximum absolute atomic E-state index is 14.0. The van der Waals surface area contributed by atoms with Gasteiger partial charge in [0.2, 0.25) is 5.91 Å². The minimum Gasteiger partial charge on any atom is -0.350 e. The van der Waals surface area contributed by atoms with Gasteiger partial charge in [-0.25, -0.2) is 9.18 Å². The van der Waals surface area contributed by atoms with Crippen LogP contribution in [0.25, 0.3) is 0 Å². The molecule has 5 rings (SSSR count). The van der Waals surface area contributed by atoms with Crippen LogP contribution in [0, 0.1) is 5.82 Å². The number of urea groups is 1. The summed E-state index contributed by atoms with van der Waals surface area (Å²) in [5.41, 5.74) is 3.25. The molecule has 0 radical (unpaired) electrons. The van der Waals surface area contributed by atoms with Crippen molar-refractivity contribution in [2.45, 2.75) is 32.0 Å². The van der Waals surface area contributed by atoms with E-state index in [2.05, 4.69) is 10.6 Å². The van der Waals surface area contributed by atoms with Crippen LogP contribution in [0.1, 0.15) is 29.7 Å². The summed E-state index contributed by atoms with van der Waals surface area (Å²) in [5.74, 6) is -1.06. The van der Waals surface area contributed by atoms with Gasteiger partial charge in [0, 0.05) is 24.5 Å². The van der Waals surface area contributed by atoms with Gasteiger partial charge in [0.05, 0.1) is 23.9 Å². The van der Waals surface area contributed by atoms with Gasteiger partial charge in [-0.1, -0.05) is 66.2 Å². The van der Waals surface area contributed by atoms with E-state index in [0.717, 1.165) is 11.1 Å². The Hall–Kier alpha value is -4.17. The predicted molar refractivity (Wildman–Crippen MR) is 146 cm³/mol. The van der Waals surface area contributed by atoms with E-state index in [0.29, 0.717) is 28.4 Å². The number of likely N-dealkylation sites (N-methyl/N-ethyl adjacent to an activating group) is 1. The van der Waals surface area contributed by atoms with Gasteiger partial charge < -0.3 is 15.5 Å². The molecule has 0 fully saturated rings. The van der Waals surface area contributed by atoms with Crippen molar-refractivity contribution in [3.8, 4) is 0 Å². The number of rotatable bonds is 8. The van der Waals surface area contributed by atoms with E-state index in [9.17, 15) is 18.8 Å². The molecule has 2 heterocycles. The molecule has 2 N–H and O–H groups in total. The second-order valence-electron chi connectivity index (χ2n) is 9.52. The molecule has 9 heteroatoms. The fraction of sp³-hybridized carbons (Fsp3) is 0.233. The van der Waals surface area contributed by atoms with Crippen LogP contribution >= 0.6 is 11.6 Å². The van der Waals surface area contributed by atoms with Crippen LogP contribution < -0.4 is 10.6 Å². The summed E-state index contributed by atoms with van der Waals surface area (Å²) in [6.07, 6.45) is 0.279. The highest BCUT2D eigenvalue weighted by Gasteiger charge is 2.46. The molecule has 7 nitrogen and oxygen atoms in total. The third-order valence-electron chi connectivity index (χ3n) is 7.08. The van der Waals surface area contributed by atoms with E-state index in [1.54, 1.807) is 41.3 Å². The van der Waals surface area contributed by atoms with E-state index in [-0.39, 0.29) is 43.2 Å². The van der Waals surface area contributed by atoms with Crippen molar-refractivity contribution in [2.24, 2.45) is 0 Å². The van der Waals surface area contributed by atoms with Gasteiger partial charge in [-0.3, -0.25) is 14.5 Å². The molecular formula is C30H28ClFN4O3. The SMILES string of the molecule is CCN1C(=O)N[C@@H](c2ccc(Cl)cc2)C2=C1CN([C@@H](Cc1ccccc1)C(=O)NCc1cccc(F)c1)C2=O. The molecule has 200 valence electrons. The lowest BCUT2D eigenvalue weighted by Crippen LogP contribution is -2.49.